The molecule has 21 heavy (non-hydrogen) atoms. The molecule has 0 radical (unpaired) electrons. The van der Waals surface area contributed by atoms with E-state index < -0.39 is 0 Å². The van der Waals surface area contributed by atoms with E-state index >= 15 is 0 Å². The molecule has 116 valence electrons. The number of para-hydroxylation sites is 2. The number of nitrogens with one attached hydrogen (secondary N) is 1. The summed E-state index contributed by atoms with van der Waals surface area (Å²) in [5, 5.41) is 2.94. The molecule has 1 aliphatic heterocycles. The molecule has 0 bridgehead atoms. The lowest BCUT2D eigenvalue weighted by Gasteiger charge is -2.36. The summed E-state index contributed by atoms with van der Waals surface area (Å²) in [7, 11) is 1.70. The van der Waals surface area contributed by atoms with Gasteiger partial charge in [-0.3, -0.25) is 9.69 Å². The van der Waals surface area contributed by atoms with E-state index in [0.29, 0.717) is 6.54 Å². The molecule has 1 N–H and O–H groups in total. The van der Waals surface area contributed by atoms with Gasteiger partial charge in [-0.15, -0.1) is 0 Å². The Balaban J connectivity index is 1.87. The summed E-state index contributed by atoms with van der Waals surface area (Å²) in [6.07, 6.45) is 0. The van der Waals surface area contributed by atoms with Gasteiger partial charge in [-0.05, 0) is 26.0 Å². The average Bonchev–Trinajstić information content (AvgIpc) is 2.47. The monoisotopic (exact) mass is 291 g/mol. The average molecular weight is 291 g/mol. The minimum atomic E-state index is 0.107. The molecule has 5 heteroatoms. The van der Waals surface area contributed by atoms with Crippen LogP contribution in [0.4, 0.5) is 5.69 Å². The highest BCUT2D eigenvalue weighted by Crippen LogP contribution is 2.28. The van der Waals surface area contributed by atoms with Crippen molar-refractivity contribution in [1.82, 2.24) is 10.2 Å². The largest absolute Gasteiger partial charge is 0.495 e. The molecule has 0 aliphatic carbocycles. The lowest BCUT2D eigenvalue weighted by Crippen LogP contribution is -2.50. The van der Waals surface area contributed by atoms with E-state index in [1.807, 2.05) is 32.0 Å². The van der Waals surface area contributed by atoms with E-state index in [2.05, 4.69) is 21.2 Å². The van der Waals surface area contributed by atoms with Crippen molar-refractivity contribution in [2.45, 2.75) is 19.9 Å². The van der Waals surface area contributed by atoms with Gasteiger partial charge in [-0.1, -0.05) is 12.1 Å². The van der Waals surface area contributed by atoms with Crippen LogP contribution in [0.2, 0.25) is 0 Å². The molecule has 0 aromatic heterocycles. The van der Waals surface area contributed by atoms with Crippen LogP contribution in [0.1, 0.15) is 13.8 Å². The van der Waals surface area contributed by atoms with Crippen LogP contribution in [-0.2, 0) is 4.79 Å². The predicted molar refractivity (Wildman–Crippen MR) is 84.9 cm³/mol. The standard InChI is InChI=1S/C16H25N3O2/c1-13(2)17-16(20)12-18-8-10-19(11-9-18)14-6-4-5-7-15(14)21-3/h4-7,13H,8-12H2,1-3H3,(H,17,20). The molecule has 0 saturated carbocycles. The van der Waals surface area contributed by atoms with E-state index in [9.17, 15) is 4.79 Å². The van der Waals surface area contributed by atoms with Crippen LogP contribution in [0.5, 0.6) is 5.75 Å². The first kappa shape index (κ1) is 15.6. The predicted octanol–water partition coefficient (Wildman–Crippen LogP) is 1.34. The van der Waals surface area contributed by atoms with Crippen molar-refractivity contribution < 1.29 is 9.53 Å². The maximum Gasteiger partial charge on any atom is 0.234 e. The third-order valence-corrected chi connectivity index (χ3v) is 3.62. The Morgan fingerprint density at radius 3 is 2.52 bits per heavy atom. The number of rotatable bonds is 5. The van der Waals surface area contributed by atoms with Gasteiger partial charge in [0.05, 0.1) is 19.3 Å². The minimum absolute atomic E-state index is 0.107. The molecule has 1 aliphatic rings. The zero-order valence-corrected chi connectivity index (χ0v) is 13.1. The van der Waals surface area contributed by atoms with Gasteiger partial charge in [0.15, 0.2) is 0 Å². The number of carbonyl (C=O) groups is 1. The van der Waals surface area contributed by atoms with Crippen LogP contribution in [0.25, 0.3) is 0 Å². The van der Waals surface area contributed by atoms with Gasteiger partial charge < -0.3 is 15.0 Å². The Labute approximate surface area is 126 Å². The Morgan fingerprint density at radius 2 is 1.90 bits per heavy atom. The Hall–Kier alpha value is -1.75. The second-order valence-electron chi connectivity index (χ2n) is 5.66. The summed E-state index contributed by atoms with van der Waals surface area (Å²) in [5.74, 6) is 1.01. The number of amides is 1. The van der Waals surface area contributed by atoms with Crippen molar-refractivity contribution in [3.8, 4) is 5.75 Å². The van der Waals surface area contributed by atoms with Gasteiger partial charge in [0, 0.05) is 32.2 Å². The highest BCUT2D eigenvalue weighted by Gasteiger charge is 2.21. The van der Waals surface area contributed by atoms with E-state index in [1.165, 1.54) is 0 Å². The summed E-state index contributed by atoms with van der Waals surface area (Å²) < 4.78 is 5.41. The number of nitrogens with zero attached hydrogens (tertiary/aromatic N) is 2. The quantitative estimate of drug-likeness (QED) is 0.889. The molecule has 1 amide bonds. The van der Waals surface area contributed by atoms with Crippen LogP contribution < -0.4 is 15.0 Å². The Morgan fingerprint density at radius 1 is 1.24 bits per heavy atom. The van der Waals surface area contributed by atoms with Crippen molar-refractivity contribution in [2.75, 3.05) is 44.7 Å². The SMILES string of the molecule is COc1ccccc1N1CCN(CC(=O)NC(C)C)CC1. The first-order valence-electron chi connectivity index (χ1n) is 7.50. The topological polar surface area (TPSA) is 44.8 Å². The second kappa shape index (κ2) is 7.31. The molecule has 1 heterocycles. The van der Waals surface area contributed by atoms with Crippen LogP contribution in [0.15, 0.2) is 24.3 Å². The first-order valence-corrected chi connectivity index (χ1v) is 7.50. The summed E-state index contributed by atoms with van der Waals surface area (Å²) in [6.45, 7) is 8.06. The van der Waals surface area contributed by atoms with Crippen LogP contribution >= 0.6 is 0 Å². The highest BCUT2D eigenvalue weighted by molar-refractivity contribution is 5.78. The van der Waals surface area contributed by atoms with Crippen molar-refractivity contribution in [1.29, 1.82) is 0 Å². The minimum Gasteiger partial charge on any atom is -0.495 e. The number of piperazine rings is 1. The number of ether oxygens (including phenoxy) is 1. The molecule has 1 fully saturated rings. The maximum atomic E-state index is 11.8. The zero-order chi connectivity index (χ0) is 15.2. The number of anilines is 1. The van der Waals surface area contributed by atoms with Crippen LogP contribution in [0.3, 0.4) is 0 Å². The number of carbonyl (C=O) groups excluding carboxylic acids is 1. The van der Waals surface area contributed by atoms with Gasteiger partial charge >= 0.3 is 0 Å². The van der Waals surface area contributed by atoms with Gasteiger partial charge in [-0.2, -0.15) is 0 Å². The van der Waals surface area contributed by atoms with Gasteiger partial charge in [-0.25, -0.2) is 0 Å². The molecule has 1 aromatic rings. The lowest BCUT2D eigenvalue weighted by atomic mass is 10.2. The summed E-state index contributed by atoms with van der Waals surface area (Å²) >= 11 is 0. The van der Waals surface area contributed by atoms with Crippen molar-refractivity contribution >= 4 is 11.6 Å². The van der Waals surface area contributed by atoms with Crippen molar-refractivity contribution in [3.05, 3.63) is 24.3 Å². The fraction of sp³-hybridized carbons (Fsp3) is 0.562. The van der Waals surface area contributed by atoms with E-state index in [1.54, 1.807) is 7.11 Å². The molecule has 0 spiro atoms. The van der Waals surface area contributed by atoms with Crippen molar-refractivity contribution in [2.24, 2.45) is 0 Å². The fourth-order valence-corrected chi connectivity index (χ4v) is 2.61. The second-order valence-corrected chi connectivity index (χ2v) is 5.66. The maximum absolute atomic E-state index is 11.8. The van der Waals surface area contributed by atoms with Crippen LogP contribution in [0, 0.1) is 0 Å². The number of hydrogen-bond acceptors (Lipinski definition) is 4. The fourth-order valence-electron chi connectivity index (χ4n) is 2.61. The zero-order valence-electron chi connectivity index (χ0n) is 13.1. The smallest absolute Gasteiger partial charge is 0.234 e. The summed E-state index contributed by atoms with van der Waals surface area (Å²) in [6, 6.07) is 8.28. The number of hydrogen-bond donors (Lipinski definition) is 1. The van der Waals surface area contributed by atoms with Crippen molar-refractivity contribution in [3.63, 3.8) is 0 Å². The molecular formula is C16H25N3O2. The molecule has 1 aromatic carbocycles. The van der Waals surface area contributed by atoms with E-state index in [4.69, 9.17) is 4.74 Å². The third kappa shape index (κ3) is 4.36. The third-order valence-electron chi connectivity index (χ3n) is 3.62. The van der Waals surface area contributed by atoms with Gasteiger partial charge in [0.2, 0.25) is 5.91 Å². The first-order chi connectivity index (χ1) is 10.1. The molecule has 5 nitrogen and oxygen atoms in total. The van der Waals surface area contributed by atoms with E-state index in [-0.39, 0.29) is 11.9 Å². The highest BCUT2D eigenvalue weighted by atomic mass is 16.5. The molecular weight excluding hydrogens is 266 g/mol. The van der Waals surface area contributed by atoms with Gasteiger partial charge in [0.25, 0.3) is 0 Å². The normalized spacial score (nSPS) is 16.1. The lowest BCUT2D eigenvalue weighted by molar-refractivity contribution is -0.122. The molecule has 0 unspecified atom stereocenters. The summed E-state index contributed by atoms with van der Waals surface area (Å²) in [4.78, 5) is 16.3. The Kier molecular flexibility index (Phi) is 5.44. The summed E-state index contributed by atoms with van der Waals surface area (Å²) in [5.41, 5.74) is 1.13. The number of benzene rings is 1. The van der Waals surface area contributed by atoms with E-state index in [0.717, 1.165) is 37.6 Å². The molecule has 0 atom stereocenters. The molecule has 1 saturated heterocycles. The van der Waals surface area contributed by atoms with Crippen LogP contribution in [-0.4, -0.2) is 56.7 Å². The number of methoxy groups -OCH3 is 1. The Bertz CT molecular complexity index is 468. The van der Waals surface area contributed by atoms with Gasteiger partial charge in [0.1, 0.15) is 5.75 Å². The molecule has 2 rings (SSSR count).